The van der Waals surface area contributed by atoms with Gasteiger partial charge in [0.1, 0.15) is 12.7 Å². The minimum atomic E-state index is -1.84. The molecule has 2 heterocycles. The number of hydrogen-bond donors (Lipinski definition) is 0. The maximum absolute atomic E-state index is 11.0. The number of fused-ring (bicyclic) bond motifs is 1. The molecule has 0 unspecified atom stereocenters. The Bertz CT molecular complexity index is 519. The highest BCUT2D eigenvalue weighted by atomic mass is 28.4. The van der Waals surface area contributed by atoms with Crippen molar-refractivity contribution in [3.8, 4) is 0 Å². The predicted octanol–water partition coefficient (Wildman–Crippen LogP) is 3.13. The SMILES string of the molecule is CC(C)(C)[Si](C)(C)O[C@@H]1CCc2ncc([N+](=O)[O-])n2C1. The molecule has 0 aromatic carbocycles. The lowest BCUT2D eigenvalue weighted by Gasteiger charge is -2.39. The highest BCUT2D eigenvalue weighted by molar-refractivity contribution is 6.74. The van der Waals surface area contributed by atoms with Crippen LogP contribution in [-0.4, -0.2) is 28.9 Å². The van der Waals surface area contributed by atoms with Gasteiger partial charge >= 0.3 is 5.82 Å². The van der Waals surface area contributed by atoms with Crippen molar-refractivity contribution in [1.82, 2.24) is 9.55 Å². The normalized spacial score (nSPS) is 19.8. The number of rotatable bonds is 3. The van der Waals surface area contributed by atoms with Crippen molar-refractivity contribution in [1.29, 1.82) is 0 Å². The van der Waals surface area contributed by atoms with E-state index in [0.29, 0.717) is 6.54 Å². The van der Waals surface area contributed by atoms with E-state index in [-0.39, 0.29) is 21.9 Å². The van der Waals surface area contributed by atoms with Crippen LogP contribution in [0.5, 0.6) is 0 Å². The lowest BCUT2D eigenvalue weighted by molar-refractivity contribution is -0.392. The Kier molecular flexibility index (Phi) is 3.77. The molecule has 0 aliphatic carbocycles. The van der Waals surface area contributed by atoms with E-state index in [1.54, 1.807) is 4.57 Å². The molecule has 7 heteroatoms. The molecule has 6 nitrogen and oxygen atoms in total. The van der Waals surface area contributed by atoms with Crippen molar-refractivity contribution in [3.63, 3.8) is 0 Å². The maximum atomic E-state index is 11.0. The van der Waals surface area contributed by atoms with Crippen LogP contribution in [0.3, 0.4) is 0 Å². The van der Waals surface area contributed by atoms with E-state index in [1.807, 2.05) is 0 Å². The summed E-state index contributed by atoms with van der Waals surface area (Å²) >= 11 is 0. The van der Waals surface area contributed by atoms with Gasteiger partial charge in [-0.3, -0.25) is 0 Å². The molecule has 20 heavy (non-hydrogen) atoms. The van der Waals surface area contributed by atoms with Crippen LogP contribution in [-0.2, 0) is 17.4 Å². The molecule has 0 fully saturated rings. The van der Waals surface area contributed by atoms with E-state index in [9.17, 15) is 10.1 Å². The van der Waals surface area contributed by atoms with Crippen LogP contribution in [0.1, 0.15) is 33.0 Å². The predicted molar refractivity (Wildman–Crippen MR) is 79.3 cm³/mol. The van der Waals surface area contributed by atoms with E-state index in [2.05, 4.69) is 38.8 Å². The van der Waals surface area contributed by atoms with Gasteiger partial charge < -0.3 is 14.5 Å². The maximum Gasteiger partial charge on any atom is 0.342 e. The summed E-state index contributed by atoms with van der Waals surface area (Å²) in [5.74, 6) is 0.871. The van der Waals surface area contributed by atoms with Gasteiger partial charge in [0.15, 0.2) is 14.1 Å². The van der Waals surface area contributed by atoms with Gasteiger partial charge in [-0.2, -0.15) is 0 Å². The molecule has 0 saturated carbocycles. The van der Waals surface area contributed by atoms with E-state index < -0.39 is 8.32 Å². The van der Waals surface area contributed by atoms with Gasteiger partial charge in [0, 0.05) is 6.42 Å². The van der Waals surface area contributed by atoms with Crippen LogP contribution < -0.4 is 0 Å². The number of imidazole rings is 1. The Hall–Kier alpha value is -1.21. The summed E-state index contributed by atoms with van der Waals surface area (Å²) in [4.78, 5) is 14.8. The first-order chi connectivity index (χ1) is 9.12. The highest BCUT2D eigenvalue weighted by Gasteiger charge is 2.41. The molecular weight excluding hydrogens is 274 g/mol. The van der Waals surface area contributed by atoms with Gasteiger partial charge in [0.25, 0.3) is 0 Å². The average Bonchev–Trinajstić information content (AvgIpc) is 2.69. The number of aryl methyl sites for hydroxylation is 1. The number of nitrogens with zero attached hydrogens (tertiary/aromatic N) is 3. The molecule has 0 amide bonds. The Morgan fingerprint density at radius 1 is 1.50 bits per heavy atom. The average molecular weight is 297 g/mol. The first kappa shape index (κ1) is 15.2. The van der Waals surface area contributed by atoms with Crippen molar-refractivity contribution in [2.24, 2.45) is 0 Å². The molecule has 1 aromatic heterocycles. The van der Waals surface area contributed by atoms with Gasteiger partial charge in [-0.05, 0) is 29.5 Å². The van der Waals surface area contributed by atoms with Crippen LogP contribution >= 0.6 is 0 Å². The fraction of sp³-hybridized carbons (Fsp3) is 0.769. The number of nitro groups is 1. The van der Waals surface area contributed by atoms with Gasteiger partial charge in [0.2, 0.25) is 0 Å². The summed E-state index contributed by atoms with van der Waals surface area (Å²) in [7, 11) is -1.84. The van der Waals surface area contributed by atoms with Gasteiger partial charge in [-0.1, -0.05) is 20.8 Å². The highest BCUT2D eigenvalue weighted by Crippen LogP contribution is 2.38. The van der Waals surface area contributed by atoms with E-state index >= 15 is 0 Å². The van der Waals surface area contributed by atoms with Gasteiger partial charge in [-0.25, -0.2) is 9.55 Å². The van der Waals surface area contributed by atoms with Crippen molar-refractivity contribution in [2.75, 3.05) is 0 Å². The lowest BCUT2D eigenvalue weighted by Crippen LogP contribution is -2.46. The second-order valence-corrected chi connectivity index (χ2v) is 11.7. The molecule has 1 aromatic rings. The molecular formula is C13H23N3O3Si. The largest absolute Gasteiger partial charge is 0.410 e. The summed E-state index contributed by atoms with van der Waals surface area (Å²) in [5.41, 5.74) is 0. The van der Waals surface area contributed by atoms with Crippen LogP contribution in [0.25, 0.3) is 0 Å². The Morgan fingerprint density at radius 2 is 2.15 bits per heavy atom. The fourth-order valence-electron chi connectivity index (χ4n) is 2.22. The summed E-state index contributed by atoms with van der Waals surface area (Å²) in [5, 5.41) is 11.1. The molecule has 1 aliphatic rings. The molecule has 0 saturated heterocycles. The quantitative estimate of drug-likeness (QED) is 0.488. The van der Waals surface area contributed by atoms with Crippen molar-refractivity contribution in [2.45, 2.75) is 64.4 Å². The fourth-order valence-corrected chi connectivity index (χ4v) is 3.60. The lowest BCUT2D eigenvalue weighted by atomic mass is 10.1. The summed E-state index contributed by atoms with van der Waals surface area (Å²) in [6, 6.07) is 0. The third-order valence-corrected chi connectivity index (χ3v) is 8.98. The van der Waals surface area contributed by atoms with Crippen LogP contribution in [0.15, 0.2) is 6.20 Å². The van der Waals surface area contributed by atoms with E-state index in [0.717, 1.165) is 18.7 Å². The molecule has 0 radical (unpaired) electrons. The molecule has 1 atom stereocenters. The first-order valence-corrected chi connectivity index (χ1v) is 9.89. The van der Waals surface area contributed by atoms with Crippen molar-refractivity contribution >= 4 is 14.1 Å². The van der Waals surface area contributed by atoms with E-state index in [1.165, 1.54) is 6.20 Å². The van der Waals surface area contributed by atoms with Crippen molar-refractivity contribution < 1.29 is 9.35 Å². The third kappa shape index (κ3) is 2.78. The van der Waals surface area contributed by atoms with Gasteiger partial charge in [0.05, 0.1) is 6.10 Å². The standard InChI is InChI=1S/C13H23N3O3Si/c1-13(2,3)20(4,5)19-10-6-7-11-14-8-12(16(17)18)15(11)9-10/h8,10H,6-7,9H2,1-5H3/t10-/m1/s1. The molecule has 0 bridgehead atoms. The van der Waals surface area contributed by atoms with E-state index in [4.69, 9.17) is 4.43 Å². The third-order valence-electron chi connectivity index (χ3n) is 4.45. The topological polar surface area (TPSA) is 70.2 Å². The van der Waals surface area contributed by atoms with Crippen LogP contribution in [0.2, 0.25) is 18.1 Å². The summed E-state index contributed by atoms with van der Waals surface area (Å²) < 4.78 is 8.07. The van der Waals surface area contributed by atoms with Gasteiger partial charge in [-0.15, -0.1) is 0 Å². The van der Waals surface area contributed by atoms with Crippen LogP contribution in [0, 0.1) is 10.1 Å². The first-order valence-electron chi connectivity index (χ1n) is 6.98. The second-order valence-electron chi connectivity index (χ2n) is 6.94. The zero-order chi connectivity index (χ0) is 15.1. The minimum Gasteiger partial charge on any atom is -0.410 e. The second kappa shape index (κ2) is 4.96. The molecule has 2 rings (SSSR count). The molecule has 0 spiro atoms. The smallest absolute Gasteiger partial charge is 0.342 e. The Morgan fingerprint density at radius 3 is 2.70 bits per heavy atom. The zero-order valence-corrected chi connectivity index (χ0v) is 13.8. The molecule has 0 N–H and O–H groups in total. The van der Waals surface area contributed by atoms with Crippen molar-refractivity contribution in [3.05, 3.63) is 22.1 Å². The molecule has 1 aliphatic heterocycles. The molecule has 112 valence electrons. The Labute approximate surface area is 120 Å². The minimum absolute atomic E-state index is 0.0521. The summed E-state index contributed by atoms with van der Waals surface area (Å²) in [6.07, 6.45) is 3.04. The summed E-state index contributed by atoms with van der Waals surface area (Å²) in [6.45, 7) is 11.6. The Balaban J connectivity index is 2.15. The zero-order valence-electron chi connectivity index (χ0n) is 12.8. The monoisotopic (exact) mass is 297 g/mol. The number of aromatic nitrogens is 2. The van der Waals surface area contributed by atoms with Crippen LogP contribution in [0.4, 0.5) is 5.82 Å². The number of hydrogen-bond acceptors (Lipinski definition) is 4.